The van der Waals surface area contributed by atoms with Gasteiger partial charge in [0.2, 0.25) is 0 Å². The minimum atomic E-state index is -1.15. The second-order valence-corrected chi connectivity index (χ2v) is 13.0. The number of nitriles is 1. The molecule has 0 aliphatic carbocycles. The van der Waals surface area contributed by atoms with E-state index in [-0.39, 0.29) is 76.9 Å². The number of nitrogens with zero attached hydrogens (tertiary/aromatic N) is 6. The van der Waals surface area contributed by atoms with Gasteiger partial charge in [0.05, 0.1) is 34.7 Å². The van der Waals surface area contributed by atoms with E-state index in [1.807, 2.05) is 6.07 Å². The van der Waals surface area contributed by atoms with Crippen molar-refractivity contribution >= 4 is 45.0 Å². The molecule has 0 spiro atoms. The molecular formula is C35H31ClF4N6O2. The number of fused-ring (bicyclic) bond motifs is 3. The Balaban J connectivity index is 1.37. The molecule has 0 N–H and O–H groups in total. The number of piperazine rings is 1. The lowest BCUT2D eigenvalue weighted by Gasteiger charge is -2.41. The van der Waals surface area contributed by atoms with Gasteiger partial charge in [0.1, 0.15) is 29.6 Å². The van der Waals surface area contributed by atoms with E-state index in [2.05, 4.69) is 21.4 Å². The minimum Gasteiger partial charge on any atom is -0.461 e. The smallest absolute Gasteiger partial charge is 0.319 e. The molecule has 13 heteroatoms. The van der Waals surface area contributed by atoms with E-state index in [1.54, 1.807) is 17.0 Å². The average molecular weight is 679 g/mol. The molecular weight excluding hydrogens is 648 g/mol. The van der Waals surface area contributed by atoms with Crippen LogP contribution >= 0.6 is 11.6 Å². The highest BCUT2D eigenvalue weighted by atomic mass is 35.5. The largest absolute Gasteiger partial charge is 0.461 e. The predicted molar refractivity (Wildman–Crippen MR) is 174 cm³/mol. The summed E-state index contributed by atoms with van der Waals surface area (Å²) in [6.07, 6.45) is 3.84. The number of benzene rings is 3. The fourth-order valence-electron chi connectivity index (χ4n) is 7.64. The number of halogens is 5. The Bertz CT molecular complexity index is 2010. The van der Waals surface area contributed by atoms with E-state index in [9.17, 15) is 18.8 Å². The zero-order valence-electron chi connectivity index (χ0n) is 25.9. The van der Waals surface area contributed by atoms with Crippen LogP contribution in [0, 0.1) is 28.8 Å². The molecule has 3 saturated heterocycles. The standard InChI is InChI=1S/C35H31ClF4N6O2/c1-20(37)33(47)46-16-15-44(18-22(46)9-12-41)32-24-17-26(39)28(23-6-2-5-21-7-8-25(38)29(36)27(21)23)30(40)31(24)42-34(43-32)48-19-35-10-3-13-45(35)14-4-11-35/h2,5-8,17,22H,1,3-4,9-11,13-16,18-19H2/t22-/m0/s1. The first-order valence-electron chi connectivity index (χ1n) is 15.8. The van der Waals surface area contributed by atoms with Crippen molar-refractivity contribution < 1.29 is 27.1 Å². The van der Waals surface area contributed by atoms with Gasteiger partial charge in [0.15, 0.2) is 11.6 Å². The molecule has 3 aromatic carbocycles. The molecule has 3 aliphatic rings. The maximum atomic E-state index is 16.8. The summed E-state index contributed by atoms with van der Waals surface area (Å²) in [4.78, 5) is 27.0. The van der Waals surface area contributed by atoms with Crippen molar-refractivity contribution in [2.75, 3.05) is 44.2 Å². The van der Waals surface area contributed by atoms with Gasteiger partial charge in [-0.25, -0.2) is 17.6 Å². The number of carbonyl (C=O) groups is 1. The molecule has 48 heavy (non-hydrogen) atoms. The summed E-state index contributed by atoms with van der Waals surface area (Å²) < 4.78 is 67.7. The van der Waals surface area contributed by atoms with Gasteiger partial charge in [-0.05, 0) is 61.9 Å². The first-order valence-corrected chi connectivity index (χ1v) is 16.2. The zero-order chi connectivity index (χ0) is 33.7. The van der Waals surface area contributed by atoms with E-state index >= 15 is 8.78 Å². The molecule has 1 amide bonds. The van der Waals surface area contributed by atoms with Crippen LogP contribution in [-0.4, -0.2) is 76.6 Å². The normalized spacial score (nSPS) is 19.1. The van der Waals surface area contributed by atoms with Crippen molar-refractivity contribution in [3.8, 4) is 23.2 Å². The van der Waals surface area contributed by atoms with Crippen molar-refractivity contribution in [1.29, 1.82) is 5.26 Å². The second kappa shape index (κ2) is 12.5. The third-order valence-electron chi connectivity index (χ3n) is 9.93. The molecule has 8 nitrogen and oxygen atoms in total. The number of hydrogen-bond acceptors (Lipinski definition) is 7. The number of anilines is 1. The maximum absolute atomic E-state index is 16.8. The fraction of sp³-hybridized carbons (Fsp3) is 0.371. The van der Waals surface area contributed by atoms with Crippen LogP contribution in [0.3, 0.4) is 0 Å². The third kappa shape index (κ3) is 5.39. The molecule has 1 atom stereocenters. The van der Waals surface area contributed by atoms with E-state index < -0.39 is 40.8 Å². The lowest BCUT2D eigenvalue weighted by Crippen LogP contribution is -2.55. The highest BCUT2D eigenvalue weighted by Gasteiger charge is 2.45. The molecule has 1 aromatic heterocycles. The van der Waals surface area contributed by atoms with Gasteiger partial charge in [0, 0.05) is 30.4 Å². The summed E-state index contributed by atoms with van der Waals surface area (Å²) in [5.41, 5.74) is -0.786. The second-order valence-electron chi connectivity index (χ2n) is 12.6. The number of aromatic nitrogens is 2. The van der Waals surface area contributed by atoms with E-state index in [0.717, 1.165) is 44.8 Å². The topological polar surface area (TPSA) is 85.6 Å². The van der Waals surface area contributed by atoms with Crippen LogP contribution in [0.4, 0.5) is 23.4 Å². The Kier molecular flexibility index (Phi) is 8.37. The van der Waals surface area contributed by atoms with Crippen LogP contribution in [-0.2, 0) is 4.79 Å². The van der Waals surface area contributed by atoms with Gasteiger partial charge in [-0.2, -0.15) is 15.2 Å². The summed E-state index contributed by atoms with van der Waals surface area (Å²) >= 11 is 6.34. The van der Waals surface area contributed by atoms with E-state index in [1.165, 1.54) is 23.1 Å². The minimum absolute atomic E-state index is 0.0109. The fourth-order valence-corrected chi connectivity index (χ4v) is 7.91. The lowest BCUT2D eigenvalue weighted by atomic mass is 9.95. The van der Waals surface area contributed by atoms with Crippen LogP contribution < -0.4 is 9.64 Å². The Morgan fingerprint density at radius 1 is 1.08 bits per heavy atom. The molecule has 0 bridgehead atoms. The van der Waals surface area contributed by atoms with Crippen molar-refractivity contribution in [3.05, 3.63) is 71.3 Å². The number of carbonyl (C=O) groups excluding carboxylic acids is 1. The monoisotopic (exact) mass is 678 g/mol. The van der Waals surface area contributed by atoms with Crippen LogP contribution in [0.2, 0.25) is 5.02 Å². The Hall–Kier alpha value is -4.47. The SMILES string of the molecule is C=C(F)C(=O)N1CCN(c2nc(OCC34CCCN3CCC4)nc3c(F)c(-c4cccc5ccc(F)c(Cl)c45)c(F)cc23)C[C@@H]1CC#N. The van der Waals surface area contributed by atoms with E-state index in [0.29, 0.717) is 5.39 Å². The number of rotatable bonds is 7. The Morgan fingerprint density at radius 3 is 2.58 bits per heavy atom. The quantitative estimate of drug-likeness (QED) is 0.155. The molecule has 3 fully saturated rings. The summed E-state index contributed by atoms with van der Waals surface area (Å²) in [7, 11) is 0. The molecule has 4 aromatic rings. The Labute approximate surface area is 279 Å². The highest BCUT2D eigenvalue weighted by Crippen LogP contribution is 2.42. The Morgan fingerprint density at radius 2 is 1.85 bits per heavy atom. The molecule has 248 valence electrons. The van der Waals surface area contributed by atoms with Gasteiger partial charge in [-0.15, -0.1) is 0 Å². The van der Waals surface area contributed by atoms with Crippen molar-refractivity contribution in [2.24, 2.45) is 0 Å². The number of hydrogen-bond donors (Lipinski definition) is 0. The zero-order valence-corrected chi connectivity index (χ0v) is 26.7. The molecule has 3 aliphatic heterocycles. The molecule has 0 saturated carbocycles. The van der Waals surface area contributed by atoms with E-state index in [4.69, 9.17) is 16.3 Å². The predicted octanol–water partition coefficient (Wildman–Crippen LogP) is 6.94. The first kappa shape index (κ1) is 32.1. The molecule has 0 unspecified atom stereocenters. The van der Waals surface area contributed by atoms with Gasteiger partial charge in [0.25, 0.3) is 5.91 Å². The van der Waals surface area contributed by atoms with Gasteiger partial charge in [-0.1, -0.05) is 42.4 Å². The molecule has 7 rings (SSSR count). The third-order valence-corrected chi connectivity index (χ3v) is 10.3. The maximum Gasteiger partial charge on any atom is 0.319 e. The van der Waals surface area contributed by atoms with Crippen molar-refractivity contribution in [1.82, 2.24) is 19.8 Å². The lowest BCUT2D eigenvalue weighted by molar-refractivity contribution is -0.131. The van der Waals surface area contributed by atoms with Crippen LogP contribution in [0.15, 0.2) is 48.8 Å². The van der Waals surface area contributed by atoms with Gasteiger partial charge < -0.3 is 14.5 Å². The van der Waals surface area contributed by atoms with Crippen LogP contribution in [0.5, 0.6) is 6.01 Å². The van der Waals surface area contributed by atoms with Gasteiger partial charge >= 0.3 is 6.01 Å². The summed E-state index contributed by atoms with van der Waals surface area (Å²) in [6.45, 7) is 5.47. The van der Waals surface area contributed by atoms with Crippen molar-refractivity contribution in [2.45, 2.75) is 43.7 Å². The average Bonchev–Trinajstić information content (AvgIpc) is 3.66. The van der Waals surface area contributed by atoms with Crippen LogP contribution in [0.1, 0.15) is 32.1 Å². The first-order chi connectivity index (χ1) is 23.1. The summed E-state index contributed by atoms with van der Waals surface area (Å²) in [5, 5.41) is 9.91. The molecule has 0 radical (unpaired) electrons. The number of amides is 1. The van der Waals surface area contributed by atoms with Crippen molar-refractivity contribution in [3.63, 3.8) is 0 Å². The number of ether oxygens (including phenoxy) is 1. The molecule has 4 heterocycles. The van der Waals surface area contributed by atoms with Gasteiger partial charge in [-0.3, -0.25) is 9.69 Å². The van der Waals surface area contributed by atoms with Crippen LogP contribution in [0.25, 0.3) is 32.8 Å². The summed E-state index contributed by atoms with van der Waals surface area (Å²) in [6, 6.07) is 9.70. The highest BCUT2D eigenvalue weighted by molar-refractivity contribution is 6.37. The summed E-state index contributed by atoms with van der Waals surface area (Å²) in [5.74, 6) is -4.62.